The second-order valence-electron chi connectivity index (χ2n) is 7.08. The number of nitrogens with one attached hydrogen (secondary N) is 2. The normalized spacial score (nSPS) is 16.0. The van der Waals surface area contributed by atoms with Crippen LogP contribution in [-0.2, 0) is 16.0 Å². The highest BCUT2D eigenvalue weighted by molar-refractivity contribution is 5.84. The van der Waals surface area contributed by atoms with E-state index in [1.807, 2.05) is 24.4 Å². The molecule has 2 heterocycles. The maximum atomic E-state index is 12.1. The van der Waals surface area contributed by atoms with Crippen molar-refractivity contribution in [2.75, 3.05) is 26.2 Å². The van der Waals surface area contributed by atoms with Crippen LogP contribution in [0.25, 0.3) is 10.9 Å². The van der Waals surface area contributed by atoms with Crippen LogP contribution < -0.4 is 11.1 Å². The monoisotopic (exact) mass is 356 g/mol. The Morgan fingerprint density at radius 1 is 1.23 bits per heavy atom. The molecule has 6 heteroatoms. The number of aryl methyl sites for hydroxylation is 1. The van der Waals surface area contributed by atoms with Crippen molar-refractivity contribution >= 4 is 22.7 Å². The van der Waals surface area contributed by atoms with Gasteiger partial charge in [0.2, 0.25) is 11.8 Å². The molecule has 1 fully saturated rings. The van der Waals surface area contributed by atoms with Gasteiger partial charge in [0.05, 0.1) is 0 Å². The molecule has 26 heavy (non-hydrogen) atoms. The van der Waals surface area contributed by atoms with Gasteiger partial charge in [0.25, 0.3) is 0 Å². The van der Waals surface area contributed by atoms with Crippen LogP contribution in [0.5, 0.6) is 0 Å². The largest absolute Gasteiger partial charge is 0.369 e. The topological polar surface area (TPSA) is 91.2 Å². The number of nitrogens with two attached hydrogens (primary N) is 1. The number of hydrogen-bond acceptors (Lipinski definition) is 3. The van der Waals surface area contributed by atoms with Crippen LogP contribution in [0.2, 0.25) is 0 Å². The van der Waals surface area contributed by atoms with Crippen LogP contribution in [0.15, 0.2) is 30.5 Å². The first-order valence-electron chi connectivity index (χ1n) is 9.47. The number of para-hydroxylation sites is 1. The Bertz CT molecular complexity index is 747. The summed E-state index contributed by atoms with van der Waals surface area (Å²) in [5.41, 5.74) is 7.66. The molecule has 0 atom stereocenters. The summed E-state index contributed by atoms with van der Waals surface area (Å²) in [4.78, 5) is 28.8. The molecule has 1 aromatic heterocycles. The van der Waals surface area contributed by atoms with E-state index < -0.39 is 0 Å². The lowest BCUT2D eigenvalue weighted by Crippen LogP contribution is -2.39. The molecule has 0 bridgehead atoms. The molecule has 1 aliphatic heterocycles. The van der Waals surface area contributed by atoms with E-state index >= 15 is 0 Å². The van der Waals surface area contributed by atoms with Crippen molar-refractivity contribution in [2.45, 2.75) is 32.1 Å². The zero-order chi connectivity index (χ0) is 18.4. The minimum Gasteiger partial charge on any atom is -0.369 e. The van der Waals surface area contributed by atoms with E-state index in [0.29, 0.717) is 13.0 Å². The van der Waals surface area contributed by atoms with Crippen molar-refractivity contribution < 1.29 is 9.59 Å². The minimum absolute atomic E-state index is 0.0375. The Morgan fingerprint density at radius 2 is 2.00 bits per heavy atom. The maximum absolute atomic E-state index is 12.1. The summed E-state index contributed by atoms with van der Waals surface area (Å²) in [5, 5.41) is 4.20. The molecule has 1 aliphatic rings. The quantitative estimate of drug-likeness (QED) is 0.630. The lowest BCUT2D eigenvalue weighted by Gasteiger charge is -2.30. The maximum Gasteiger partial charge on any atom is 0.220 e. The smallest absolute Gasteiger partial charge is 0.220 e. The molecule has 6 nitrogen and oxygen atoms in total. The van der Waals surface area contributed by atoms with Crippen molar-refractivity contribution in [3.8, 4) is 0 Å². The summed E-state index contributed by atoms with van der Waals surface area (Å²) < 4.78 is 0. The summed E-state index contributed by atoms with van der Waals surface area (Å²) in [7, 11) is 0. The third-order valence-corrected chi connectivity index (χ3v) is 5.26. The molecule has 0 aliphatic carbocycles. The van der Waals surface area contributed by atoms with Gasteiger partial charge < -0.3 is 20.9 Å². The predicted octanol–water partition coefficient (Wildman–Crippen LogP) is 1.80. The van der Waals surface area contributed by atoms with Crippen LogP contribution in [0.3, 0.4) is 0 Å². The van der Waals surface area contributed by atoms with E-state index in [4.69, 9.17) is 5.73 Å². The lowest BCUT2D eigenvalue weighted by molar-refractivity contribution is -0.123. The number of aromatic amines is 1. The number of primary amides is 1. The fraction of sp³-hybridized carbons (Fsp3) is 0.500. The molecule has 140 valence electrons. The average Bonchev–Trinajstić information content (AvgIpc) is 3.07. The molecule has 2 amide bonds. The summed E-state index contributed by atoms with van der Waals surface area (Å²) >= 11 is 0. The second kappa shape index (κ2) is 8.85. The first-order chi connectivity index (χ1) is 12.6. The van der Waals surface area contributed by atoms with Crippen LogP contribution in [0.1, 0.15) is 31.2 Å². The first-order valence-corrected chi connectivity index (χ1v) is 9.47. The van der Waals surface area contributed by atoms with E-state index in [1.54, 1.807) is 0 Å². The van der Waals surface area contributed by atoms with Gasteiger partial charge in [0.15, 0.2) is 0 Å². The third kappa shape index (κ3) is 4.85. The molecule has 3 rings (SSSR count). The number of fused-ring (bicyclic) bond motifs is 1. The Kier molecular flexibility index (Phi) is 6.28. The molecule has 0 unspecified atom stereocenters. The van der Waals surface area contributed by atoms with Gasteiger partial charge in [-0.05, 0) is 56.9 Å². The van der Waals surface area contributed by atoms with E-state index in [-0.39, 0.29) is 17.7 Å². The summed E-state index contributed by atoms with van der Waals surface area (Å²) in [5.74, 6) is -0.0368. The van der Waals surface area contributed by atoms with Gasteiger partial charge >= 0.3 is 0 Å². The lowest BCUT2D eigenvalue weighted by atomic mass is 9.96. The van der Waals surface area contributed by atoms with Crippen LogP contribution in [0, 0.1) is 5.92 Å². The van der Waals surface area contributed by atoms with E-state index in [9.17, 15) is 9.59 Å². The van der Waals surface area contributed by atoms with Crippen LogP contribution in [-0.4, -0.2) is 47.9 Å². The molecular formula is C20H28N4O2. The molecule has 0 saturated carbocycles. The number of rotatable bonds is 8. The number of nitrogens with zero attached hydrogens (tertiary/aromatic N) is 1. The van der Waals surface area contributed by atoms with Gasteiger partial charge in [-0.15, -0.1) is 0 Å². The number of H-pyrrole nitrogens is 1. The first kappa shape index (κ1) is 18.5. The number of likely N-dealkylation sites (tertiary alicyclic amines) is 1. The number of carbonyl (C=O) groups is 2. The SMILES string of the molecule is NC(=O)C1CCN(CCCNC(=O)CCc2c[nH]c3ccccc23)CC1. The van der Waals surface area contributed by atoms with Gasteiger partial charge in [-0.2, -0.15) is 0 Å². The van der Waals surface area contributed by atoms with Crippen molar-refractivity contribution in [3.63, 3.8) is 0 Å². The number of hydrogen-bond donors (Lipinski definition) is 3. The number of aromatic nitrogens is 1. The second-order valence-corrected chi connectivity index (χ2v) is 7.08. The Labute approximate surface area is 154 Å². The van der Waals surface area contributed by atoms with E-state index in [2.05, 4.69) is 21.3 Å². The Hall–Kier alpha value is -2.34. The predicted molar refractivity (Wildman–Crippen MR) is 103 cm³/mol. The molecule has 0 radical (unpaired) electrons. The summed E-state index contributed by atoms with van der Waals surface area (Å²) in [6.07, 6.45) is 5.88. The number of amides is 2. The van der Waals surface area contributed by atoms with Crippen LogP contribution in [0.4, 0.5) is 0 Å². The molecule has 2 aromatic rings. The van der Waals surface area contributed by atoms with Gasteiger partial charge in [-0.25, -0.2) is 0 Å². The summed E-state index contributed by atoms with van der Waals surface area (Å²) in [6.45, 7) is 3.49. The summed E-state index contributed by atoms with van der Waals surface area (Å²) in [6, 6.07) is 8.16. The molecule has 0 spiro atoms. The Balaban J connectivity index is 1.31. The highest BCUT2D eigenvalue weighted by atomic mass is 16.2. The number of carbonyl (C=O) groups excluding carboxylic acids is 2. The standard InChI is InChI=1S/C20H28N4O2/c21-20(26)15-8-12-24(13-9-15)11-3-10-22-19(25)7-6-16-14-23-18-5-2-1-4-17(16)18/h1-2,4-5,14-15,23H,3,6-13H2,(H2,21,26)(H,22,25). The molecule has 1 saturated heterocycles. The molecule has 4 N–H and O–H groups in total. The zero-order valence-electron chi connectivity index (χ0n) is 15.2. The fourth-order valence-corrected chi connectivity index (χ4v) is 3.65. The van der Waals surface area contributed by atoms with Gasteiger partial charge in [-0.1, -0.05) is 18.2 Å². The molecule has 1 aromatic carbocycles. The van der Waals surface area contributed by atoms with E-state index in [1.165, 1.54) is 10.9 Å². The van der Waals surface area contributed by atoms with Crippen molar-refractivity contribution in [3.05, 3.63) is 36.0 Å². The Morgan fingerprint density at radius 3 is 2.77 bits per heavy atom. The zero-order valence-corrected chi connectivity index (χ0v) is 15.2. The highest BCUT2D eigenvalue weighted by Crippen LogP contribution is 2.19. The van der Waals surface area contributed by atoms with Crippen molar-refractivity contribution in [1.82, 2.24) is 15.2 Å². The van der Waals surface area contributed by atoms with Crippen molar-refractivity contribution in [2.24, 2.45) is 11.7 Å². The minimum atomic E-state index is -0.174. The highest BCUT2D eigenvalue weighted by Gasteiger charge is 2.22. The third-order valence-electron chi connectivity index (χ3n) is 5.26. The van der Waals surface area contributed by atoms with Gasteiger partial charge in [-0.3, -0.25) is 9.59 Å². The van der Waals surface area contributed by atoms with Gasteiger partial charge in [0.1, 0.15) is 0 Å². The number of benzene rings is 1. The number of piperidine rings is 1. The van der Waals surface area contributed by atoms with Gasteiger partial charge in [0, 0.05) is 36.0 Å². The van der Waals surface area contributed by atoms with E-state index in [0.717, 1.165) is 50.8 Å². The van der Waals surface area contributed by atoms with Crippen molar-refractivity contribution in [1.29, 1.82) is 0 Å². The fourth-order valence-electron chi connectivity index (χ4n) is 3.65. The van der Waals surface area contributed by atoms with Crippen LogP contribution >= 0.6 is 0 Å². The molecular weight excluding hydrogens is 328 g/mol. The average molecular weight is 356 g/mol.